The smallest absolute Gasteiger partial charge is 0.192 e. The Balaban J connectivity index is 2.54. The summed E-state index contributed by atoms with van der Waals surface area (Å²) in [6.45, 7) is 16.3. The van der Waals surface area contributed by atoms with Crippen molar-refractivity contribution in [3.05, 3.63) is 42.5 Å². The van der Waals surface area contributed by atoms with Crippen LogP contribution in [0.1, 0.15) is 32.8 Å². The second-order valence-corrected chi connectivity index (χ2v) is 12.1. The summed E-state index contributed by atoms with van der Waals surface area (Å²) >= 11 is 0. The highest BCUT2D eigenvalue weighted by Crippen LogP contribution is 2.37. The van der Waals surface area contributed by atoms with E-state index in [9.17, 15) is 0 Å². The molecule has 0 unspecified atom stereocenters. The molecule has 0 bridgehead atoms. The third-order valence-electron chi connectivity index (χ3n) is 4.43. The molecule has 0 amide bonds. The number of ether oxygens (including phenoxy) is 2. The molecule has 1 aromatic carbocycles. The molecule has 0 fully saturated rings. The van der Waals surface area contributed by atoms with E-state index >= 15 is 0 Å². The Morgan fingerprint density at radius 3 is 2.26 bits per heavy atom. The number of benzene rings is 1. The van der Waals surface area contributed by atoms with Crippen molar-refractivity contribution >= 4 is 8.32 Å². The van der Waals surface area contributed by atoms with Gasteiger partial charge in [-0.05, 0) is 42.2 Å². The summed E-state index contributed by atoms with van der Waals surface area (Å²) < 4.78 is 17.5. The first-order valence-corrected chi connectivity index (χ1v) is 11.1. The van der Waals surface area contributed by atoms with E-state index in [1.54, 1.807) is 7.11 Å². The van der Waals surface area contributed by atoms with Crippen LogP contribution in [0.4, 0.5) is 0 Å². The van der Waals surface area contributed by atoms with E-state index in [-0.39, 0.29) is 11.1 Å². The number of methoxy groups -OCH3 is 1. The second-order valence-electron chi connectivity index (χ2n) is 7.39. The summed E-state index contributed by atoms with van der Waals surface area (Å²) in [4.78, 5) is 0. The molecule has 0 radical (unpaired) electrons. The zero-order chi connectivity index (χ0) is 17.5. The highest BCUT2D eigenvalue weighted by molar-refractivity contribution is 6.74. The molecule has 0 aliphatic rings. The Kier molecular flexibility index (Phi) is 7.51. The monoisotopic (exact) mass is 336 g/mol. The highest BCUT2D eigenvalue weighted by atomic mass is 28.4. The standard InChI is InChI=1S/C19H32O3Si/c1-8-9-18(22-23(6,7)19(2,3)4)15-21-14-16-10-12-17(20-5)13-11-16/h8,10-13,18H,1,9,14-15H2,2-7H3/t18-/m1/s1. The molecule has 1 rings (SSSR count). The molecule has 0 aromatic heterocycles. The second kappa shape index (κ2) is 8.67. The highest BCUT2D eigenvalue weighted by Gasteiger charge is 2.38. The average molecular weight is 337 g/mol. The Bertz CT molecular complexity index is 474. The molecular formula is C19H32O3Si. The maximum atomic E-state index is 6.44. The van der Waals surface area contributed by atoms with Gasteiger partial charge in [0.2, 0.25) is 0 Å². The minimum atomic E-state index is -1.79. The molecule has 0 heterocycles. The topological polar surface area (TPSA) is 27.7 Å². The lowest BCUT2D eigenvalue weighted by atomic mass is 10.2. The molecule has 3 nitrogen and oxygen atoms in total. The summed E-state index contributed by atoms with van der Waals surface area (Å²) in [6, 6.07) is 7.95. The van der Waals surface area contributed by atoms with Gasteiger partial charge in [0.1, 0.15) is 5.75 Å². The molecule has 0 saturated carbocycles. The van der Waals surface area contributed by atoms with Crippen molar-refractivity contribution in [2.75, 3.05) is 13.7 Å². The zero-order valence-corrected chi connectivity index (χ0v) is 16.5. The minimum absolute atomic E-state index is 0.0756. The molecule has 0 saturated heterocycles. The third kappa shape index (κ3) is 6.49. The van der Waals surface area contributed by atoms with Crippen molar-refractivity contribution in [1.82, 2.24) is 0 Å². The van der Waals surface area contributed by atoms with Gasteiger partial charge in [-0.3, -0.25) is 0 Å². The van der Waals surface area contributed by atoms with Gasteiger partial charge in [0, 0.05) is 0 Å². The molecule has 1 aromatic rings. The van der Waals surface area contributed by atoms with Gasteiger partial charge in [0.15, 0.2) is 8.32 Å². The van der Waals surface area contributed by atoms with Crippen LogP contribution in [0.5, 0.6) is 5.75 Å². The first-order valence-electron chi connectivity index (χ1n) is 8.19. The summed E-state index contributed by atoms with van der Waals surface area (Å²) in [5.41, 5.74) is 1.13. The van der Waals surface area contributed by atoms with Crippen molar-refractivity contribution in [3.8, 4) is 5.75 Å². The maximum absolute atomic E-state index is 6.44. The molecule has 0 N–H and O–H groups in total. The molecule has 4 heteroatoms. The largest absolute Gasteiger partial charge is 0.497 e. The SMILES string of the molecule is C=CC[C@H](COCc1ccc(OC)cc1)O[Si](C)(C)C(C)(C)C. The van der Waals surface area contributed by atoms with E-state index in [1.165, 1.54) is 0 Å². The number of hydrogen-bond acceptors (Lipinski definition) is 3. The Hall–Kier alpha value is -1.10. The van der Waals surface area contributed by atoms with E-state index in [0.29, 0.717) is 13.2 Å². The van der Waals surface area contributed by atoms with Crippen LogP contribution in [0, 0.1) is 0 Å². The minimum Gasteiger partial charge on any atom is -0.497 e. The van der Waals surface area contributed by atoms with Crippen LogP contribution in [-0.2, 0) is 15.8 Å². The molecule has 0 aliphatic carbocycles. The maximum Gasteiger partial charge on any atom is 0.192 e. The van der Waals surface area contributed by atoms with Gasteiger partial charge >= 0.3 is 0 Å². The van der Waals surface area contributed by atoms with E-state index in [4.69, 9.17) is 13.9 Å². The van der Waals surface area contributed by atoms with Crippen molar-refractivity contribution in [3.63, 3.8) is 0 Å². The van der Waals surface area contributed by atoms with Crippen molar-refractivity contribution < 1.29 is 13.9 Å². The first kappa shape index (κ1) is 19.9. The normalized spacial score (nSPS) is 13.7. The van der Waals surface area contributed by atoms with Crippen LogP contribution in [0.3, 0.4) is 0 Å². The summed E-state index contributed by atoms with van der Waals surface area (Å²) in [6.07, 6.45) is 2.80. The fourth-order valence-corrected chi connectivity index (χ4v) is 3.31. The van der Waals surface area contributed by atoms with Crippen LogP contribution in [0.2, 0.25) is 18.1 Å². The van der Waals surface area contributed by atoms with Gasteiger partial charge in [0.05, 0.1) is 26.4 Å². The average Bonchev–Trinajstić information content (AvgIpc) is 2.46. The Labute approximate surface area is 142 Å². The van der Waals surface area contributed by atoms with Crippen LogP contribution >= 0.6 is 0 Å². The predicted octanol–water partition coefficient (Wildman–Crippen LogP) is 5.18. The Morgan fingerprint density at radius 2 is 1.78 bits per heavy atom. The lowest BCUT2D eigenvalue weighted by Crippen LogP contribution is -2.45. The zero-order valence-electron chi connectivity index (χ0n) is 15.5. The van der Waals surface area contributed by atoms with Crippen LogP contribution in [0.25, 0.3) is 0 Å². The lowest BCUT2D eigenvalue weighted by molar-refractivity contribution is 0.0359. The predicted molar refractivity (Wildman–Crippen MR) is 99.5 cm³/mol. The van der Waals surface area contributed by atoms with Gasteiger partial charge < -0.3 is 13.9 Å². The van der Waals surface area contributed by atoms with Gasteiger partial charge in [-0.25, -0.2) is 0 Å². The van der Waals surface area contributed by atoms with Crippen molar-refractivity contribution in [2.45, 2.75) is 58.0 Å². The van der Waals surface area contributed by atoms with Gasteiger partial charge in [-0.2, -0.15) is 0 Å². The quantitative estimate of drug-likeness (QED) is 0.459. The molecule has 23 heavy (non-hydrogen) atoms. The van der Waals surface area contributed by atoms with E-state index in [1.807, 2.05) is 30.3 Å². The third-order valence-corrected chi connectivity index (χ3v) is 8.96. The van der Waals surface area contributed by atoms with Crippen molar-refractivity contribution in [1.29, 1.82) is 0 Å². The van der Waals surface area contributed by atoms with E-state index in [2.05, 4.69) is 40.4 Å². The first-order chi connectivity index (χ1) is 10.7. The number of hydrogen-bond donors (Lipinski definition) is 0. The van der Waals surface area contributed by atoms with Crippen LogP contribution in [0.15, 0.2) is 36.9 Å². The fraction of sp³-hybridized carbons (Fsp3) is 0.579. The summed E-state index contributed by atoms with van der Waals surface area (Å²) in [5.74, 6) is 0.861. The fourth-order valence-electron chi connectivity index (χ4n) is 1.96. The van der Waals surface area contributed by atoms with Gasteiger partial charge in [-0.15, -0.1) is 6.58 Å². The molecule has 130 valence electrons. The van der Waals surface area contributed by atoms with Gasteiger partial charge in [-0.1, -0.05) is 39.0 Å². The van der Waals surface area contributed by atoms with Crippen LogP contribution < -0.4 is 4.74 Å². The summed E-state index contributed by atoms with van der Waals surface area (Å²) in [7, 11) is -0.121. The van der Waals surface area contributed by atoms with Gasteiger partial charge in [0.25, 0.3) is 0 Å². The van der Waals surface area contributed by atoms with Crippen molar-refractivity contribution in [2.24, 2.45) is 0 Å². The van der Waals surface area contributed by atoms with Crippen LogP contribution in [-0.4, -0.2) is 28.1 Å². The lowest BCUT2D eigenvalue weighted by Gasteiger charge is -2.39. The number of rotatable bonds is 9. The molecule has 0 spiro atoms. The Morgan fingerprint density at radius 1 is 1.17 bits per heavy atom. The van der Waals surface area contributed by atoms with E-state index in [0.717, 1.165) is 17.7 Å². The summed E-state index contributed by atoms with van der Waals surface area (Å²) in [5, 5.41) is 0.197. The van der Waals surface area contributed by atoms with E-state index < -0.39 is 8.32 Å². The molecule has 0 aliphatic heterocycles. The molecular weight excluding hydrogens is 304 g/mol. The molecule has 1 atom stereocenters.